The second-order valence-electron chi connectivity index (χ2n) is 4.65. The summed E-state index contributed by atoms with van der Waals surface area (Å²) in [6, 6.07) is 0. The average molecular weight is 236 g/mol. The van der Waals surface area contributed by atoms with E-state index >= 15 is 0 Å². The maximum atomic E-state index is 5.91. The lowest BCUT2D eigenvalue weighted by molar-refractivity contribution is 0.536. The van der Waals surface area contributed by atoms with Crippen molar-refractivity contribution < 1.29 is 0 Å². The predicted octanol–water partition coefficient (Wildman–Crippen LogP) is 4.43. The lowest BCUT2D eigenvalue weighted by Crippen LogP contribution is -2.13. The number of allylic oxidation sites excluding steroid dienone is 2. The Balaban J connectivity index is 4.74. The number of hydrogen-bond donors (Lipinski definition) is 1. The summed E-state index contributed by atoms with van der Waals surface area (Å²) in [6.45, 7) is 12.2. The lowest BCUT2D eigenvalue weighted by atomic mass is 9.93. The Kier molecular flexibility index (Phi) is 8.47. The number of unbranched alkanes of at least 4 members (excludes halogenated alkanes) is 1. The van der Waals surface area contributed by atoms with Crippen LogP contribution in [0.25, 0.3) is 0 Å². The van der Waals surface area contributed by atoms with E-state index in [0.29, 0.717) is 11.7 Å². The van der Waals surface area contributed by atoms with Gasteiger partial charge in [0.15, 0.2) is 0 Å². The minimum Gasteiger partial charge on any atom is -0.383 e. The van der Waals surface area contributed by atoms with Crippen molar-refractivity contribution in [2.75, 3.05) is 0 Å². The highest BCUT2D eigenvalue weighted by Crippen LogP contribution is 2.18. The van der Waals surface area contributed by atoms with E-state index in [1.165, 1.54) is 37.8 Å². The van der Waals surface area contributed by atoms with Gasteiger partial charge in [0.2, 0.25) is 0 Å². The molecule has 0 bridgehead atoms. The molecule has 0 aromatic carbocycles. The molecule has 0 aliphatic carbocycles. The molecular formula is C15H28N2. The Hall–Kier alpha value is -1.05. The van der Waals surface area contributed by atoms with Crippen LogP contribution >= 0.6 is 0 Å². The van der Waals surface area contributed by atoms with E-state index in [4.69, 9.17) is 5.73 Å². The van der Waals surface area contributed by atoms with Crippen molar-refractivity contribution in [3.05, 3.63) is 24.0 Å². The average Bonchev–Trinajstić information content (AvgIpc) is 2.32. The first-order valence-electron chi connectivity index (χ1n) is 6.70. The molecule has 0 saturated carbocycles. The Morgan fingerprint density at radius 1 is 1.24 bits per heavy atom. The topological polar surface area (TPSA) is 38.4 Å². The summed E-state index contributed by atoms with van der Waals surface area (Å²) in [5, 5.41) is 0. The summed E-state index contributed by atoms with van der Waals surface area (Å²) < 4.78 is 0. The molecule has 0 saturated heterocycles. The summed E-state index contributed by atoms with van der Waals surface area (Å²) in [7, 11) is 0. The number of aliphatic imine (C=N–C) groups is 1. The smallest absolute Gasteiger partial charge is 0.126 e. The van der Waals surface area contributed by atoms with Gasteiger partial charge >= 0.3 is 0 Å². The van der Waals surface area contributed by atoms with Gasteiger partial charge in [-0.15, -0.1) is 0 Å². The second kappa shape index (κ2) is 9.03. The van der Waals surface area contributed by atoms with E-state index < -0.39 is 0 Å². The fourth-order valence-electron chi connectivity index (χ4n) is 1.84. The Morgan fingerprint density at radius 2 is 1.88 bits per heavy atom. The third-order valence-electron chi connectivity index (χ3n) is 3.14. The largest absolute Gasteiger partial charge is 0.383 e. The molecule has 0 aliphatic heterocycles. The van der Waals surface area contributed by atoms with E-state index in [1.807, 2.05) is 6.92 Å². The van der Waals surface area contributed by atoms with E-state index in [0.717, 1.165) is 5.57 Å². The zero-order valence-electron chi connectivity index (χ0n) is 11.9. The molecule has 2 heteroatoms. The van der Waals surface area contributed by atoms with Crippen LogP contribution in [0.2, 0.25) is 0 Å². The molecule has 0 spiro atoms. The van der Waals surface area contributed by atoms with Gasteiger partial charge in [0.25, 0.3) is 0 Å². The van der Waals surface area contributed by atoms with Crippen LogP contribution in [0.15, 0.2) is 29.0 Å². The van der Waals surface area contributed by atoms with E-state index in [-0.39, 0.29) is 0 Å². The van der Waals surface area contributed by atoms with Crippen molar-refractivity contribution in [3.8, 4) is 0 Å². The monoisotopic (exact) mass is 236 g/mol. The summed E-state index contributed by atoms with van der Waals surface area (Å²) >= 11 is 0. The van der Waals surface area contributed by atoms with Gasteiger partial charge < -0.3 is 5.73 Å². The molecule has 2 nitrogen and oxygen atoms in total. The van der Waals surface area contributed by atoms with Crippen molar-refractivity contribution >= 4 is 5.71 Å². The first-order chi connectivity index (χ1) is 8.06. The van der Waals surface area contributed by atoms with Crippen molar-refractivity contribution in [3.63, 3.8) is 0 Å². The highest BCUT2D eigenvalue weighted by molar-refractivity contribution is 5.85. The molecule has 2 N–H and O–H groups in total. The Bertz CT molecular complexity index is 287. The second-order valence-corrected chi connectivity index (χ2v) is 4.65. The van der Waals surface area contributed by atoms with Crippen LogP contribution in [0.3, 0.4) is 0 Å². The van der Waals surface area contributed by atoms with Crippen molar-refractivity contribution in [2.24, 2.45) is 16.6 Å². The molecule has 0 radical (unpaired) electrons. The molecule has 17 heavy (non-hydrogen) atoms. The van der Waals surface area contributed by atoms with Gasteiger partial charge in [-0.2, -0.15) is 0 Å². The third-order valence-corrected chi connectivity index (χ3v) is 3.14. The quantitative estimate of drug-likeness (QED) is 0.491. The normalized spacial score (nSPS) is 15.4. The number of rotatable bonds is 8. The molecule has 98 valence electrons. The van der Waals surface area contributed by atoms with Gasteiger partial charge in [-0.05, 0) is 38.2 Å². The summed E-state index contributed by atoms with van der Waals surface area (Å²) in [4.78, 5) is 4.52. The van der Waals surface area contributed by atoms with Gasteiger partial charge in [0, 0.05) is 5.71 Å². The first-order valence-corrected chi connectivity index (χ1v) is 6.70. The van der Waals surface area contributed by atoms with Crippen molar-refractivity contribution in [1.82, 2.24) is 0 Å². The minimum atomic E-state index is 0.580. The van der Waals surface area contributed by atoms with Crippen LogP contribution in [0.1, 0.15) is 59.8 Å². The molecule has 0 heterocycles. The molecule has 0 aromatic rings. The van der Waals surface area contributed by atoms with E-state index in [1.54, 1.807) is 6.08 Å². The van der Waals surface area contributed by atoms with Crippen LogP contribution in [0.4, 0.5) is 0 Å². The van der Waals surface area contributed by atoms with Gasteiger partial charge in [0.1, 0.15) is 5.82 Å². The number of nitrogens with two attached hydrogens (primary N) is 1. The summed E-state index contributed by atoms with van der Waals surface area (Å²) in [6.07, 6.45) is 7.89. The molecular weight excluding hydrogens is 208 g/mol. The molecule has 0 fully saturated rings. The van der Waals surface area contributed by atoms with Crippen LogP contribution < -0.4 is 5.73 Å². The number of hydrogen-bond acceptors (Lipinski definition) is 2. The zero-order chi connectivity index (χ0) is 13.3. The highest BCUT2D eigenvalue weighted by Gasteiger charge is 2.11. The number of nitrogens with zero attached hydrogens (tertiary/aromatic N) is 1. The SMILES string of the molecule is C=C/C(C)=C(N)/N=C(\C)C(CCC)CCCC. The maximum absolute atomic E-state index is 5.91. The Morgan fingerprint density at radius 3 is 2.35 bits per heavy atom. The first kappa shape index (κ1) is 16.0. The maximum Gasteiger partial charge on any atom is 0.126 e. The third kappa shape index (κ3) is 6.30. The van der Waals surface area contributed by atoms with Crippen LogP contribution in [0.5, 0.6) is 0 Å². The van der Waals surface area contributed by atoms with Crippen molar-refractivity contribution in [2.45, 2.75) is 59.8 Å². The molecule has 0 aromatic heterocycles. The minimum absolute atomic E-state index is 0.580. The van der Waals surface area contributed by atoms with Gasteiger partial charge in [-0.3, -0.25) is 0 Å². The summed E-state index contributed by atoms with van der Waals surface area (Å²) in [5.74, 6) is 1.19. The Labute approximate surface area is 107 Å². The van der Waals surface area contributed by atoms with Crippen LogP contribution in [-0.4, -0.2) is 5.71 Å². The molecule has 1 atom stereocenters. The fraction of sp³-hybridized carbons (Fsp3) is 0.667. The zero-order valence-corrected chi connectivity index (χ0v) is 11.9. The van der Waals surface area contributed by atoms with E-state index in [2.05, 4.69) is 32.3 Å². The van der Waals surface area contributed by atoms with Gasteiger partial charge in [-0.1, -0.05) is 45.8 Å². The standard InChI is InChI=1S/C15H28N2/c1-6-9-11-14(10-7-2)13(5)17-15(16)12(4)8-3/h8,14H,3,6-7,9-11,16H2,1-2,4-5H3/b15-12+,17-13+. The van der Waals surface area contributed by atoms with Gasteiger partial charge in [0.05, 0.1) is 0 Å². The molecule has 0 rings (SSSR count). The van der Waals surface area contributed by atoms with Gasteiger partial charge in [-0.25, -0.2) is 4.99 Å². The fourth-order valence-corrected chi connectivity index (χ4v) is 1.84. The van der Waals surface area contributed by atoms with E-state index in [9.17, 15) is 0 Å². The lowest BCUT2D eigenvalue weighted by Gasteiger charge is -2.16. The van der Waals surface area contributed by atoms with Crippen LogP contribution in [-0.2, 0) is 0 Å². The molecule has 1 unspecified atom stereocenters. The van der Waals surface area contributed by atoms with Crippen LogP contribution in [0, 0.1) is 5.92 Å². The highest BCUT2D eigenvalue weighted by atomic mass is 14.9. The molecule has 0 aliphatic rings. The molecule has 0 amide bonds. The predicted molar refractivity (Wildman–Crippen MR) is 78.1 cm³/mol. The van der Waals surface area contributed by atoms with Crippen molar-refractivity contribution in [1.29, 1.82) is 0 Å². The summed E-state index contributed by atoms with van der Waals surface area (Å²) in [5.41, 5.74) is 8.03.